The van der Waals surface area contributed by atoms with Crippen molar-refractivity contribution >= 4 is 5.97 Å². The molecule has 1 aromatic heterocycles. The Hall–Kier alpha value is -1.36. The molecule has 5 heteroatoms. The molecule has 17 heavy (non-hydrogen) atoms. The number of aromatic nitrogens is 1. The average Bonchev–Trinajstić information content (AvgIpc) is 2.77. The van der Waals surface area contributed by atoms with Crippen molar-refractivity contribution in [1.82, 2.24) is 9.88 Å². The lowest BCUT2D eigenvalue weighted by molar-refractivity contribution is -0.136. The van der Waals surface area contributed by atoms with Gasteiger partial charge in [-0.05, 0) is 32.5 Å². The summed E-state index contributed by atoms with van der Waals surface area (Å²) in [5, 5.41) is 8.66. The molecular formula is C12H18N2O3. The van der Waals surface area contributed by atoms with Gasteiger partial charge >= 0.3 is 5.97 Å². The average molecular weight is 238 g/mol. The Morgan fingerprint density at radius 3 is 2.88 bits per heavy atom. The molecule has 0 saturated carbocycles. The van der Waals surface area contributed by atoms with E-state index in [2.05, 4.69) is 16.8 Å². The number of hydrogen-bond acceptors (Lipinski definition) is 4. The molecule has 0 aliphatic carbocycles. The summed E-state index contributed by atoms with van der Waals surface area (Å²) in [6.07, 6.45) is 3.49. The quantitative estimate of drug-likeness (QED) is 0.861. The number of oxazole rings is 1. The smallest absolute Gasteiger partial charge is 0.309 e. The largest absolute Gasteiger partial charge is 0.481 e. The normalized spacial score (nSPS) is 18.4. The highest BCUT2D eigenvalue weighted by atomic mass is 16.4. The standard InChI is InChI=1S/C12H18N2O3/c1-2-14-5-3-9(4-6-14)12-13-10(8-17-12)7-11(15)16/h8-9H,2-7H2,1H3,(H,15,16). The Kier molecular flexibility index (Phi) is 3.78. The second-order valence-electron chi connectivity index (χ2n) is 4.46. The maximum Gasteiger partial charge on any atom is 0.309 e. The minimum Gasteiger partial charge on any atom is -0.481 e. The number of carboxylic acids is 1. The zero-order chi connectivity index (χ0) is 12.3. The molecule has 5 nitrogen and oxygen atoms in total. The van der Waals surface area contributed by atoms with Crippen LogP contribution in [-0.2, 0) is 11.2 Å². The summed E-state index contributed by atoms with van der Waals surface area (Å²) >= 11 is 0. The van der Waals surface area contributed by atoms with Crippen LogP contribution in [-0.4, -0.2) is 40.6 Å². The molecule has 1 aliphatic rings. The number of carbonyl (C=O) groups is 1. The van der Waals surface area contributed by atoms with Crippen LogP contribution in [0.4, 0.5) is 0 Å². The number of likely N-dealkylation sites (tertiary alicyclic amines) is 1. The number of nitrogens with zero attached hydrogens (tertiary/aromatic N) is 2. The van der Waals surface area contributed by atoms with Gasteiger partial charge in [0.1, 0.15) is 6.26 Å². The molecule has 0 spiro atoms. The van der Waals surface area contributed by atoms with Crippen LogP contribution < -0.4 is 0 Å². The van der Waals surface area contributed by atoms with Gasteiger partial charge in [0.25, 0.3) is 0 Å². The first kappa shape index (κ1) is 12.1. The van der Waals surface area contributed by atoms with Crippen LogP contribution in [0.2, 0.25) is 0 Å². The Labute approximate surface area is 100 Å². The zero-order valence-electron chi connectivity index (χ0n) is 10.1. The Bertz CT molecular complexity index is 381. The van der Waals surface area contributed by atoms with E-state index >= 15 is 0 Å². The number of hydrogen-bond donors (Lipinski definition) is 1. The Balaban J connectivity index is 1.94. The van der Waals surface area contributed by atoms with E-state index in [0.29, 0.717) is 17.5 Å². The van der Waals surface area contributed by atoms with Crippen LogP contribution in [0.25, 0.3) is 0 Å². The lowest BCUT2D eigenvalue weighted by atomic mass is 9.97. The highest BCUT2D eigenvalue weighted by Gasteiger charge is 2.23. The Morgan fingerprint density at radius 1 is 1.59 bits per heavy atom. The second-order valence-corrected chi connectivity index (χ2v) is 4.46. The van der Waals surface area contributed by atoms with E-state index in [1.807, 2.05) is 0 Å². The first-order valence-corrected chi connectivity index (χ1v) is 6.07. The molecule has 0 bridgehead atoms. The minimum absolute atomic E-state index is 0.0582. The van der Waals surface area contributed by atoms with Gasteiger partial charge in [-0.1, -0.05) is 6.92 Å². The van der Waals surface area contributed by atoms with Crippen molar-refractivity contribution in [3.05, 3.63) is 17.8 Å². The third-order valence-corrected chi connectivity index (χ3v) is 3.29. The summed E-state index contributed by atoms with van der Waals surface area (Å²) < 4.78 is 5.38. The first-order valence-electron chi connectivity index (χ1n) is 6.07. The molecule has 2 rings (SSSR count). The number of piperidine rings is 1. The molecule has 1 N–H and O–H groups in total. The monoisotopic (exact) mass is 238 g/mol. The predicted octanol–water partition coefficient (Wildman–Crippen LogP) is 1.50. The van der Waals surface area contributed by atoms with E-state index in [-0.39, 0.29) is 6.42 Å². The lowest BCUT2D eigenvalue weighted by Gasteiger charge is -2.29. The van der Waals surface area contributed by atoms with E-state index in [4.69, 9.17) is 9.52 Å². The molecule has 1 saturated heterocycles. The maximum atomic E-state index is 10.5. The topological polar surface area (TPSA) is 66.6 Å². The fourth-order valence-corrected chi connectivity index (χ4v) is 2.24. The van der Waals surface area contributed by atoms with Gasteiger partial charge in [0.05, 0.1) is 12.1 Å². The zero-order valence-corrected chi connectivity index (χ0v) is 10.1. The van der Waals surface area contributed by atoms with Crippen LogP contribution in [0, 0.1) is 0 Å². The summed E-state index contributed by atoms with van der Waals surface area (Å²) in [5.74, 6) is 0.183. The van der Waals surface area contributed by atoms with E-state index in [1.165, 1.54) is 6.26 Å². The van der Waals surface area contributed by atoms with Crippen molar-refractivity contribution in [2.24, 2.45) is 0 Å². The molecule has 1 aliphatic heterocycles. The van der Waals surface area contributed by atoms with Crippen LogP contribution in [0.1, 0.15) is 37.3 Å². The van der Waals surface area contributed by atoms with E-state index in [0.717, 1.165) is 32.5 Å². The van der Waals surface area contributed by atoms with E-state index in [9.17, 15) is 4.79 Å². The van der Waals surface area contributed by atoms with Crippen molar-refractivity contribution in [2.45, 2.75) is 32.1 Å². The van der Waals surface area contributed by atoms with Gasteiger partial charge < -0.3 is 14.4 Å². The van der Waals surface area contributed by atoms with Gasteiger partial charge in [-0.15, -0.1) is 0 Å². The minimum atomic E-state index is -0.870. The Morgan fingerprint density at radius 2 is 2.29 bits per heavy atom. The number of rotatable bonds is 4. The highest BCUT2D eigenvalue weighted by molar-refractivity contribution is 5.69. The number of carboxylic acid groups (broad SMARTS) is 1. The third-order valence-electron chi connectivity index (χ3n) is 3.29. The lowest BCUT2D eigenvalue weighted by Crippen LogP contribution is -2.32. The van der Waals surface area contributed by atoms with Gasteiger partial charge in [0, 0.05) is 5.92 Å². The van der Waals surface area contributed by atoms with E-state index < -0.39 is 5.97 Å². The van der Waals surface area contributed by atoms with Crippen molar-refractivity contribution < 1.29 is 14.3 Å². The fourth-order valence-electron chi connectivity index (χ4n) is 2.24. The van der Waals surface area contributed by atoms with Gasteiger partial charge in [-0.2, -0.15) is 0 Å². The summed E-state index contributed by atoms with van der Waals surface area (Å²) in [6, 6.07) is 0. The fraction of sp³-hybridized carbons (Fsp3) is 0.667. The molecule has 0 unspecified atom stereocenters. The SMILES string of the molecule is CCN1CCC(c2nc(CC(=O)O)co2)CC1. The molecule has 1 fully saturated rings. The van der Waals surface area contributed by atoms with Crippen LogP contribution >= 0.6 is 0 Å². The summed E-state index contributed by atoms with van der Waals surface area (Å²) in [4.78, 5) is 17.2. The van der Waals surface area contributed by atoms with Crippen LogP contribution in [0.15, 0.2) is 10.7 Å². The summed E-state index contributed by atoms with van der Waals surface area (Å²) in [7, 11) is 0. The van der Waals surface area contributed by atoms with Crippen LogP contribution in [0.3, 0.4) is 0 Å². The van der Waals surface area contributed by atoms with Crippen molar-refractivity contribution in [3.63, 3.8) is 0 Å². The molecule has 0 aromatic carbocycles. The van der Waals surface area contributed by atoms with Gasteiger partial charge in [-0.3, -0.25) is 4.79 Å². The second kappa shape index (κ2) is 5.31. The van der Waals surface area contributed by atoms with Crippen molar-refractivity contribution in [2.75, 3.05) is 19.6 Å². The number of aliphatic carboxylic acids is 1. The molecule has 1 aromatic rings. The van der Waals surface area contributed by atoms with Crippen molar-refractivity contribution in [3.8, 4) is 0 Å². The molecule has 2 heterocycles. The van der Waals surface area contributed by atoms with Crippen molar-refractivity contribution in [1.29, 1.82) is 0 Å². The summed E-state index contributed by atoms with van der Waals surface area (Å²) in [5.41, 5.74) is 0.519. The van der Waals surface area contributed by atoms with Gasteiger partial charge in [-0.25, -0.2) is 4.98 Å². The first-order chi connectivity index (χ1) is 8.19. The molecule has 0 radical (unpaired) electrons. The molecule has 0 atom stereocenters. The predicted molar refractivity (Wildman–Crippen MR) is 61.9 cm³/mol. The third kappa shape index (κ3) is 3.06. The van der Waals surface area contributed by atoms with E-state index in [1.54, 1.807) is 0 Å². The molecular weight excluding hydrogens is 220 g/mol. The highest BCUT2D eigenvalue weighted by Crippen LogP contribution is 2.27. The summed E-state index contributed by atoms with van der Waals surface area (Å²) in [6.45, 7) is 5.38. The molecule has 94 valence electrons. The molecule has 0 amide bonds. The maximum absolute atomic E-state index is 10.5. The van der Waals surface area contributed by atoms with Crippen LogP contribution in [0.5, 0.6) is 0 Å². The van der Waals surface area contributed by atoms with Gasteiger partial charge in [0.15, 0.2) is 5.89 Å². The van der Waals surface area contributed by atoms with Gasteiger partial charge in [0.2, 0.25) is 0 Å².